The molecular formula is C24H29N3O2. The highest BCUT2D eigenvalue weighted by atomic mass is 16.6. The second-order valence-electron chi connectivity index (χ2n) is 8.67. The van der Waals surface area contributed by atoms with Gasteiger partial charge in [0.05, 0.1) is 11.6 Å². The van der Waals surface area contributed by atoms with Crippen molar-refractivity contribution >= 4 is 11.8 Å². The lowest BCUT2D eigenvalue weighted by molar-refractivity contribution is 0.0284. The molecule has 2 aromatic rings. The van der Waals surface area contributed by atoms with E-state index in [2.05, 4.69) is 35.7 Å². The Balaban J connectivity index is 1.70. The van der Waals surface area contributed by atoms with E-state index in [0.29, 0.717) is 30.5 Å². The van der Waals surface area contributed by atoms with Crippen molar-refractivity contribution in [2.24, 2.45) is 11.8 Å². The van der Waals surface area contributed by atoms with Crippen molar-refractivity contribution in [1.82, 2.24) is 4.90 Å². The van der Waals surface area contributed by atoms with Crippen LogP contribution in [0.2, 0.25) is 0 Å². The third kappa shape index (κ3) is 5.99. The summed E-state index contributed by atoms with van der Waals surface area (Å²) in [6, 6.07) is 20.1. The lowest BCUT2D eigenvalue weighted by Gasteiger charge is -2.24. The van der Waals surface area contributed by atoms with E-state index in [4.69, 9.17) is 10.00 Å². The number of carbonyl (C=O) groups excluding carboxylic acids is 1. The molecule has 0 aromatic heterocycles. The van der Waals surface area contributed by atoms with Gasteiger partial charge >= 0.3 is 6.09 Å². The number of carbonyl (C=O) groups is 1. The van der Waals surface area contributed by atoms with Crippen LogP contribution in [0.15, 0.2) is 54.6 Å². The van der Waals surface area contributed by atoms with Crippen molar-refractivity contribution in [2.75, 3.05) is 25.0 Å². The molecule has 1 amide bonds. The van der Waals surface area contributed by atoms with Crippen LogP contribution < -0.4 is 5.32 Å². The number of hydrogen-bond acceptors (Lipinski definition) is 4. The maximum Gasteiger partial charge on any atom is 0.410 e. The minimum atomic E-state index is -0.500. The van der Waals surface area contributed by atoms with Gasteiger partial charge in [-0.1, -0.05) is 36.4 Å². The fourth-order valence-corrected chi connectivity index (χ4v) is 3.74. The van der Waals surface area contributed by atoms with Crippen molar-refractivity contribution < 1.29 is 9.53 Å². The summed E-state index contributed by atoms with van der Waals surface area (Å²) in [5, 5.41) is 12.6. The van der Waals surface area contributed by atoms with Crippen LogP contribution in [0.25, 0.3) is 0 Å². The molecular weight excluding hydrogens is 362 g/mol. The monoisotopic (exact) mass is 391 g/mol. The van der Waals surface area contributed by atoms with E-state index in [0.717, 1.165) is 18.7 Å². The molecule has 1 N–H and O–H groups in total. The van der Waals surface area contributed by atoms with Crippen molar-refractivity contribution in [1.29, 1.82) is 5.26 Å². The molecule has 5 nitrogen and oxygen atoms in total. The zero-order valence-electron chi connectivity index (χ0n) is 17.4. The molecule has 5 heteroatoms. The van der Waals surface area contributed by atoms with E-state index in [1.807, 2.05) is 49.9 Å². The summed E-state index contributed by atoms with van der Waals surface area (Å²) < 4.78 is 5.59. The summed E-state index contributed by atoms with van der Waals surface area (Å²) in [4.78, 5) is 14.4. The first-order valence-electron chi connectivity index (χ1n) is 10.1. The summed E-state index contributed by atoms with van der Waals surface area (Å²) >= 11 is 0. The standard InChI is InChI=1S/C24H29N3O2/c1-24(2,3)29-23(28)27-16-20(12-18-8-5-4-6-9-18)21(17-27)15-26-22-11-7-10-19(13-22)14-25/h4-11,13,20-21,26H,12,15-17H2,1-3H3/t20-,21-/m0/s1. The smallest absolute Gasteiger partial charge is 0.410 e. The number of benzene rings is 2. The second-order valence-corrected chi connectivity index (χ2v) is 8.67. The number of nitrogens with one attached hydrogen (secondary N) is 1. The Labute approximate surface area is 173 Å². The summed E-state index contributed by atoms with van der Waals surface area (Å²) in [7, 11) is 0. The van der Waals surface area contributed by atoms with Crippen LogP contribution in [-0.2, 0) is 11.2 Å². The maximum atomic E-state index is 12.6. The van der Waals surface area contributed by atoms with Crippen molar-refractivity contribution in [3.05, 3.63) is 65.7 Å². The molecule has 2 aromatic carbocycles. The van der Waals surface area contributed by atoms with Gasteiger partial charge in [-0.15, -0.1) is 0 Å². The molecule has 3 rings (SSSR count). The van der Waals surface area contributed by atoms with Gasteiger partial charge in [-0.05, 0) is 62.8 Å². The van der Waals surface area contributed by atoms with Gasteiger partial charge < -0.3 is 15.0 Å². The number of nitriles is 1. The first kappa shape index (κ1) is 20.7. The van der Waals surface area contributed by atoms with Gasteiger partial charge in [-0.2, -0.15) is 5.26 Å². The van der Waals surface area contributed by atoms with Crippen molar-refractivity contribution in [2.45, 2.75) is 32.8 Å². The summed E-state index contributed by atoms with van der Waals surface area (Å²) in [6.45, 7) is 7.77. The predicted octanol–water partition coefficient (Wildman–Crippen LogP) is 4.70. The Morgan fingerprint density at radius 3 is 2.55 bits per heavy atom. The van der Waals surface area contributed by atoms with E-state index in [1.165, 1.54) is 5.56 Å². The van der Waals surface area contributed by atoms with Crippen LogP contribution in [-0.4, -0.2) is 36.2 Å². The molecule has 1 aliphatic heterocycles. The number of hydrogen-bond donors (Lipinski definition) is 1. The lowest BCUT2D eigenvalue weighted by atomic mass is 9.89. The van der Waals surface area contributed by atoms with E-state index in [1.54, 1.807) is 6.07 Å². The number of amides is 1. The lowest BCUT2D eigenvalue weighted by Crippen LogP contribution is -2.35. The highest BCUT2D eigenvalue weighted by Crippen LogP contribution is 2.29. The van der Waals surface area contributed by atoms with Crippen LogP contribution in [0.3, 0.4) is 0 Å². The first-order chi connectivity index (χ1) is 13.8. The van der Waals surface area contributed by atoms with Crippen LogP contribution >= 0.6 is 0 Å². The topological polar surface area (TPSA) is 65.4 Å². The normalized spacial score (nSPS) is 18.9. The summed E-state index contributed by atoms with van der Waals surface area (Å²) in [6.07, 6.45) is 0.676. The average molecular weight is 392 g/mol. The Kier molecular flexibility index (Phi) is 6.43. The number of nitrogens with zero attached hydrogens (tertiary/aromatic N) is 2. The highest BCUT2D eigenvalue weighted by Gasteiger charge is 2.36. The molecule has 29 heavy (non-hydrogen) atoms. The molecule has 1 fully saturated rings. The van der Waals surface area contributed by atoms with Crippen LogP contribution in [0, 0.1) is 23.2 Å². The third-order valence-corrected chi connectivity index (χ3v) is 5.13. The molecule has 0 radical (unpaired) electrons. The molecule has 152 valence electrons. The van der Waals surface area contributed by atoms with Crippen LogP contribution in [0.4, 0.5) is 10.5 Å². The van der Waals surface area contributed by atoms with E-state index < -0.39 is 5.60 Å². The van der Waals surface area contributed by atoms with Crippen LogP contribution in [0.1, 0.15) is 31.9 Å². The van der Waals surface area contributed by atoms with Gasteiger partial charge in [-0.25, -0.2) is 4.79 Å². The average Bonchev–Trinajstić information content (AvgIpc) is 3.09. The molecule has 0 unspecified atom stereocenters. The molecule has 2 atom stereocenters. The minimum absolute atomic E-state index is 0.246. The molecule has 1 aliphatic rings. The van der Waals surface area contributed by atoms with Gasteiger partial charge in [0, 0.05) is 25.3 Å². The van der Waals surface area contributed by atoms with Gasteiger partial charge in [-0.3, -0.25) is 0 Å². The van der Waals surface area contributed by atoms with E-state index in [-0.39, 0.29) is 6.09 Å². The molecule has 0 saturated carbocycles. The number of likely N-dealkylation sites (tertiary alicyclic amines) is 1. The van der Waals surface area contributed by atoms with Crippen molar-refractivity contribution in [3.63, 3.8) is 0 Å². The van der Waals surface area contributed by atoms with E-state index >= 15 is 0 Å². The predicted molar refractivity (Wildman–Crippen MR) is 115 cm³/mol. The largest absolute Gasteiger partial charge is 0.444 e. The Hall–Kier alpha value is -3.00. The van der Waals surface area contributed by atoms with Gasteiger partial charge in [0.1, 0.15) is 5.60 Å². The zero-order chi connectivity index (χ0) is 20.9. The summed E-state index contributed by atoms with van der Waals surface area (Å²) in [5.74, 6) is 0.644. The molecule has 0 bridgehead atoms. The highest BCUT2D eigenvalue weighted by molar-refractivity contribution is 5.68. The first-order valence-corrected chi connectivity index (χ1v) is 10.1. The number of anilines is 1. The fourth-order valence-electron chi connectivity index (χ4n) is 3.74. The third-order valence-electron chi connectivity index (χ3n) is 5.13. The Morgan fingerprint density at radius 1 is 1.14 bits per heavy atom. The van der Waals surface area contributed by atoms with E-state index in [9.17, 15) is 4.79 Å². The Bertz CT molecular complexity index is 868. The summed E-state index contributed by atoms with van der Waals surface area (Å²) in [5.41, 5.74) is 2.34. The van der Waals surface area contributed by atoms with Gasteiger partial charge in [0.15, 0.2) is 0 Å². The number of rotatable bonds is 5. The van der Waals surface area contributed by atoms with Crippen LogP contribution in [0.5, 0.6) is 0 Å². The molecule has 0 spiro atoms. The Morgan fingerprint density at radius 2 is 1.86 bits per heavy atom. The number of ether oxygens (including phenoxy) is 1. The minimum Gasteiger partial charge on any atom is -0.444 e. The quantitative estimate of drug-likeness (QED) is 0.803. The molecule has 0 aliphatic carbocycles. The van der Waals surface area contributed by atoms with Crippen molar-refractivity contribution in [3.8, 4) is 6.07 Å². The second kappa shape index (κ2) is 9.00. The molecule has 1 heterocycles. The zero-order valence-corrected chi connectivity index (χ0v) is 17.4. The molecule has 1 saturated heterocycles. The fraction of sp³-hybridized carbons (Fsp3) is 0.417. The van der Waals surface area contributed by atoms with Gasteiger partial charge in [0.2, 0.25) is 0 Å². The van der Waals surface area contributed by atoms with Gasteiger partial charge in [0.25, 0.3) is 0 Å². The SMILES string of the molecule is CC(C)(C)OC(=O)N1C[C@H](CNc2cccc(C#N)c2)[C@@H](Cc2ccccc2)C1. The maximum absolute atomic E-state index is 12.6.